The lowest BCUT2D eigenvalue weighted by Crippen LogP contribution is -2.26. The first-order valence-electron chi connectivity index (χ1n) is 13.3. The van der Waals surface area contributed by atoms with E-state index in [-0.39, 0.29) is 21.8 Å². The summed E-state index contributed by atoms with van der Waals surface area (Å²) in [6.07, 6.45) is -5.92. The predicted molar refractivity (Wildman–Crippen MR) is 161 cm³/mol. The molecule has 0 radical (unpaired) electrons. The van der Waals surface area contributed by atoms with Crippen molar-refractivity contribution >= 4 is 69.6 Å². The first-order chi connectivity index (χ1) is 22.0. The number of carbonyl (C=O) groups is 3. The molecule has 18 heteroatoms. The summed E-state index contributed by atoms with van der Waals surface area (Å²) < 4.78 is 119. The quantitative estimate of drug-likeness (QED) is 0.104. The van der Waals surface area contributed by atoms with E-state index in [2.05, 4.69) is 10.6 Å². The van der Waals surface area contributed by atoms with Gasteiger partial charge in [0, 0.05) is 18.0 Å². The Kier molecular flexibility index (Phi) is 11.5. The molecule has 2 aromatic rings. The van der Waals surface area contributed by atoms with Crippen LogP contribution in [0.5, 0.6) is 0 Å². The van der Waals surface area contributed by atoms with Crippen LogP contribution in [0.25, 0.3) is 0 Å². The second-order valence-electron chi connectivity index (χ2n) is 10.5. The van der Waals surface area contributed by atoms with Crippen molar-refractivity contribution < 1.29 is 53.9 Å². The van der Waals surface area contributed by atoms with E-state index in [4.69, 9.17) is 41.2 Å². The fourth-order valence-electron chi connectivity index (χ4n) is 4.42. The van der Waals surface area contributed by atoms with E-state index in [1.807, 2.05) is 0 Å². The number of benzene rings is 2. The van der Waals surface area contributed by atoms with Gasteiger partial charge in [0.05, 0.1) is 33.7 Å². The minimum atomic E-state index is -5.17. The van der Waals surface area contributed by atoms with E-state index in [9.17, 15) is 49.5 Å². The topological polar surface area (TPSA) is 87.3 Å². The maximum Gasteiger partial charge on any atom is 0.419 e. The van der Waals surface area contributed by atoms with E-state index < -0.39 is 93.0 Å². The molecule has 0 bridgehead atoms. The number of allylic oxidation sites excluding steroid dienone is 4. The van der Waals surface area contributed by atoms with Crippen LogP contribution in [0.4, 0.5) is 56.6 Å². The highest BCUT2D eigenvalue weighted by atomic mass is 35.5. The molecule has 1 saturated carbocycles. The van der Waals surface area contributed by atoms with E-state index in [1.54, 1.807) is 5.32 Å². The molecule has 3 atom stereocenters. The summed E-state index contributed by atoms with van der Waals surface area (Å²) in [6.45, 7) is 1.83. The number of rotatable bonds is 9. The zero-order valence-corrected chi connectivity index (χ0v) is 26.5. The molecular formula is C30H21Cl3F9N3O3. The average Bonchev–Trinajstić information content (AvgIpc) is 3.56. The second-order valence-corrected chi connectivity index (χ2v) is 12.4. The van der Waals surface area contributed by atoms with Gasteiger partial charge in [0.1, 0.15) is 15.8 Å². The van der Waals surface area contributed by atoms with Crippen molar-refractivity contribution in [3.63, 3.8) is 0 Å². The lowest BCUT2D eigenvalue weighted by molar-refractivity contribution is -0.173. The van der Waals surface area contributed by atoms with Crippen LogP contribution >= 0.6 is 34.8 Å². The molecule has 1 aliphatic rings. The zero-order valence-electron chi connectivity index (χ0n) is 24.2. The van der Waals surface area contributed by atoms with Crippen LogP contribution in [0.3, 0.4) is 0 Å². The first kappa shape index (κ1) is 38.6. The number of terminal acetylenes is 1. The summed E-state index contributed by atoms with van der Waals surface area (Å²) >= 11 is 18.4. The number of anilines is 3. The van der Waals surface area contributed by atoms with Gasteiger partial charge in [-0.25, -0.2) is 8.78 Å². The molecule has 0 aromatic heterocycles. The molecule has 2 aromatic carbocycles. The predicted octanol–water partition coefficient (Wildman–Crippen LogP) is 9.12. The molecule has 1 unspecified atom stereocenters. The normalized spacial score (nSPS) is 18.6. The minimum Gasteiger partial charge on any atom is -0.326 e. The third-order valence-electron chi connectivity index (χ3n) is 7.00. The molecule has 48 heavy (non-hydrogen) atoms. The third-order valence-corrected chi connectivity index (χ3v) is 8.27. The molecule has 6 nitrogen and oxygen atoms in total. The molecule has 0 aliphatic heterocycles. The Morgan fingerprint density at radius 3 is 2.21 bits per heavy atom. The summed E-state index contributed by atoms with van der Waals surface area (Å²) in [6, 6.07) is 4.74. The number of carbonyl (C=O) groups excluding carboxylic acids is 3. The molecule has 1 aliphatic carbocycles. The van der Waals surface area contributed by atoms with Crippen LogP contribution in [0.15, 0.2) is 53.4 Å². The monoisotopic (exact) mass is 747 g/mol. The molecule has 0 saturated heterocycles. The van der Waals surface area contributed by atoms with Crippen LogP contribution in [0.1, 0.15) is 30.6 Å². The zero-order chi connectivity index (χ0) is 36.5. The summed E-state index contributed by atoms with van der Waals surface area (Å²) in [5.74, 6) is -11.6. The van der Waals surface area contributed by atoms with Crippen molar-refractivity contribution in [3.05, 3.63) is 75.6 Å². The fourth-order valence-corrected chi connectivity index (χ4v) is 5.54. The average molecular weight is 749 g/mol. The lowest BCUT2D eigenvalue weighted by Gasteiger charge is -2.16. The highest BCUT2D eigenvalue weighted by Crippen LogP contribution is 2.63. The Morgan fingerprint density at radius 1 is 1.02 bits per heavy atom. The van der Waals surface area contributed by atoms with Crippen LogP contribution in [-0.2, 0) is 9.59 Å². The molecular weight excluding hydrogens is 728 g/mol. The van der Waals surface area contributed by atoms with Crippen LogP contribution in [0, 0.1) is 41.7 Å². The highest BCUT2D eigenvalue weighted by Gasteiger charge is 2.67. The second kappa shape index (κ2) is 14.3. The molecule has 258 valence electrons. The van der Waals surface area contributed by atoms with Gasteiger partial charge in [0.15, 0.2) is 11.6 Å². The van der Waals surface area contributed by atoms with Gasteiger partial charge in [-0.2, -0.15) is 30.7 Å². The van der Waals surface area contributed by atoms with Gasteiger partial charge in [-0.05, 0) is 49.3 Å². The van der Waals surface area contributed by atoms with Gasteiger partial charge in [-0.15, -0.1) is 29.6 Å². The van der Waals surface area contributed by atoms with Crippen LogP contribution < -0.4 is 16.0 Å². The number of hydrogen-bond donors (Lipinski definition) is 3. The van der Waals surface area contributed by atoms with E-state index >= 15 is 4.39 Å². The third kappa shape index (κ3) is 8.77. The smallest absolute Gasteiger partial charge is 0.326 e. The highest BCUT2D eigenvalue weighted by molar-refractivity contribution is 6.53. The molecule has 0 heterocycles. The van der Waals surface area contributed by atoms with Gasteiger partial charge in [0.2, 0.25) is 11.8 Å². The first-order valence-corrected chi connectivity index (χ1v) is 14.4. The van der Waals surface area contributed by atoms with Crippen molar-refractivity contribution in [2.24, 2.45) is 17.8 Å². The van der Waals surface area contributed by atoms with Gasteiger partial charge >= 0.3 is 12.4 Å². The summed E-state index contributed by atoms with van der Waals surface area (Å²) in [5.41, 5.74) is -4.36. The summed E-state index contributed by atoms with van der Waals surface area (Å²) in [5, 5.41) is 5.90. The molecule has 3 N–H and O–H groups in total. The van der Waals surface area contributed by atoms with Gasteiger partial charge in [-0.1, -0.05) is 24.1 Å². The Morgan fingerprint density at radius 2 is 1.65 bits per heavy atom. The Hall–Kier alpha value is -3.87. The fraction of sp³-hybridized carbons (Fsp3) is 0.300. The maximum atomic E-state index is 15.1. The number of amides is 3. The van der Waals surface area contributed by atoms with Crippen molar-refractivity contribution in [2.75, 3.05) is 16.0 Å². The van der Waals surface area contributed by atoms with E-state index in [0.29, 0.717) is 19.1 Å². The largest absolute Gasteiger partial charge is 0.419 e. The van der Waals surface area contributed by atoms with Gasteiger partial charge < -0.3 is 16.0 Å². The molecule has 1 fully saturated rings. The van der Waals surface area contributed by atoms with Crippen LogP contribution in [0.2, 0.25) is 5.02 Å². The minimum absolute atomic E-state index is 0.119. The number of hydrogen-bond acceptors (Lipinski definition) is 3. The SMILES string of the molecule is C#C/C(F)=C(\C=C(/C)[C@H]1[C@H](C(=O)Nc2ccc(Cl)c(C(=O)Nc3ccc(F)c(NC(=O)CC(C)C(F)(F)F)c3F)c2)C1(Cl)Cl)C(F)(F)F. The number of alkyl halides is 8. The molecule has 3 rings (SSSR count). The van der Waals surface area contributed by atoms with Crippen LogP contribution in [-0.4, -0.2) is 34.4 Å². The van der Waals surface area contributed by atoms with E-state index in [0.717, 1.165) is 25.1 Å². The van der Waals surface area contributed by atoms with Crippen molar-refractivity contribution in [1.29, 1.82) is 0 Å². The molecule has 0 spiro atoms. The summed E-state index contributed by atoms with van der Waals surface area (Å²) in [7, 11) is 0. The maximum absolute atomic E-state index is 15.1. The van der Waals surface area contributed by atoms with Crippen molar-refractivity contribution in [3.8, 4) is 12.3 Å². The van der Waals surface area contributed by atoms with E-state index in [1.165, 1.54) is 12.0 Å². The van der Waals surface area contributed by atoms with Crippen molar-refractivity contribution in [2.45, 2.75) is 37.0 Å². The van der Waals surface area contributed by atoms with Gasteiger partial charge in [-0.3, -0.25) is 14.4 Å². The van der Waals surface area contributed by atoms with Crippen molar-refractivity contribution in [1.82, 2.24) is 0 Å². The Balaban J connectivity index is 1.79. The standard InChI is InChI=1S/C30H21Cl3F9N3O3/c1-4-18(34)16(30(40,41)42)9-12(2)22-23(28(22,32)33)27(48)43-14-5-6-17(31)15(11-14)26(47)44-20-8-7-19(35)25(24(20)36)45-21(46)10-13(3)29(37,38)39/h1,5-9,11,13,22-23H,10H2,2-3H3,(H,43,48)(H,44,47)(H,45,46)/b12-9+,18-16-/t13?,22-,23+/m0/s1. The Bertz CT molecular complexity index is 1750. The summed E-state index contributed by atoms with van der Waals surface area (Å²) in [4.78, 5) is 38.0. The Labute approximate surface area is 281 Å². The number of nitrogens with one attached hydrogen (secondary N) is 3. The van der Waals surface area contributed by atoms with Gasteiger partial charge in [0.25, 0.3) is 5.91 Å². The molecule has 3 amide bonds. The lowest BCUT2D eigenvalue weighted by atomic mass is 10.1. The number of halogens is 12.